The van der Waals surface area contributed by atoms with Gasteiger partial charge in [0.1, 0.15) is 0 Å². The fourth-order valence-electron chi connectivity index (χ4n) is 4.49. The van der Waals surface area contributed by atoms with Crippen molar-refractivity contribution in [3.63, 3.8) is 0 Å². The van der Waals surface area contributed by atoms with Crippen molar-refractivity contribution in [2.45, 2.75) is 6.42 Å². The average Bonchev–Trinajstić information content (AvgIpc) is 3.08. The van der Waals surface area contributed by atoms with Crippen molar-refractivity contribution in [3.8, 4) is 0 Å². The first kappa shape index (κ1) is 19.5. The van der Waals surface area contributed by atoms with Gasteiger partial charge in [0.05, 0.1) is 22.4 Å². The summed E-state index contributed by atoms with van der Waals surface area (Å²) in [7, 11) is 0. The Morgan fingerprint density at radius 1 is 0.848 bits per heavy atom. The number of aliphatic imine (C=N–C) groups is 1. The van der Waals surface area contributed by atoms with E-state index < -0.39 is 0 Å². The molecule has 0 unspecified atom stereocenters. The summed E-state index contributed by atoms with van der Waals surface area (Å²) in [6, 6.07) is 16.9. The largest absolute Gasteiger partial charge is 0.369 e. The van der Waals surface area contributed by atoms with Gasteiger partial charge in [0.15, 0.2) is 0 Å². The second-order valence-corrected chi connectivity index (χ2v) is 8.30. The minimum absolute atomic E-state index is 0.980. The van der Waals surface area contributed by atoms with Crippen LogP contribution in [0.15, 0.2) is 125 Å². The molecule has 0 atom stereocenters. The Hall–Kier alpha value is -4.18. The topological polar surface area (TPSA) is 40.5 Å². The average molecular weight is 429 g/mol. The van der Waals surface area contributed by atoms with Gasteiger partial charge >= 0.3 is 0 Å². The summed E-state index contributed by atoms with van der Waals surface area (Å²) in [4.78, 5) is 12.4. The number of para-hydroxylation sites is 1. The summed E-state index contributed by atoms with van der Waals surface area (Å²) in [5.74, 6) is 0. The summed E-state index contributed by atoms with van der Waals surface area (Å²) in [5, 5.41) is 5.71. The lowest BCUT2D eigenvalue weighted by molar-refractivity contribution is 0.250. The molecule has 160 valence electrons. The molecular formula is C29H24N4. The quantitative estimate of drug-likeness (QED) is 0.538. The van der Waals surface area contributed by atoms with Gasteiger partial charge in [0, 0.05) is 53.1 Å². The molecule has 0 radical (unpaired) electrons. The van der Waals surface area contributed by atoms with E-state index in [2.05, 4.69) is 77.0 Å². The van der Waals surface area contributed by atoms with Crippen LogP contribution in [0.3, 0.4) is 0 Å². The Labute approximate surface area is 193 Å². The van der Waals surface area contributed by atoms with Crippen LogP contribution in [0, 0.1) is 0 Å². The van der Waals surface area contributed by atoms with Crippen molar-refractivity contribution >= 4 is 27.5 Å². The van der Waals surface area contributed by atoms with Crippen LogP contribution in [-0.4, -0.2) is 28.7 Å². The highest BCUT2D eigenvalue weighted by Gasteiger charge is 2.27. The Bertz CT molecular complexity index is 1460. The summed E-state index contributed by atoms with van der Waals surface area (Å²) in [6.45, 7) is 2.06. The summed E-state index contributed by atoms with van der Waals surface area (Å²) in [6.07, 6.45) is 19.5. The molecular weight excluding hydrogens is 404 g/mol. The van der Waals surface area contributed by atoms with E-state index in [-0.39, 0.29) is 0 Å². The molecule has 3 aliphatic rings. The van der Waals surface area contributed by atoms with Crippen molar-refractivity contribution in [2.24, 2.45) is 4.99 Å². The van der Waals surface area contributed by atoms with Gasteiger partial charge in [-0.3, -0.25) is 4.99 Å². The highest BCUT2D eigenvalue weighted by Crippen LogP contribution is 2.31. The fraction of sp³-hybridized carbons (Fsp3) is 0.103. The standard InChI is InChI=1S/C29H24N4/c1-2-14-26(30-16-6-1)23-11-5-7-17-31-28(29(23)33-18-9-19-33)22-12-8-15-27-24(22)20-21-10-3-4-13-25(21)32-27/h1-8,10-17,20,30H,9,18-19H2. The van der Waals surface area contributed by atoms with E-state index >= 15 is 0 Å². The molecule has 0 amide bonds. The molecule has 4 heteroatoms. The van der Waals surface area contributed by atoms with E-state index in [9.17, 15) is 0 Å². The molecule has 4 heterocycles. The van der Waals surface area contributed by atoms with E-state index in [0.29, 0.717) is 0 Å². The molecule has 0 spiro atoms. The van der Waals surface area contributed by atoms with Crippen LogP contribution in [0.5, 0.6) is 0 Å². The smallest absolute Gasteiger partial charge is 0.0949 e. The molecule has 1 N–H and O–H groups in total. The van der Waals surface area contributed by atoms with Gasteiger partial charge in [-0.2, -0.15) is 0 Å². The lowest BCUT2D eigenvalue weighted by atomic mass is 9.93. The number of allylic oxidation sites excluding steroid dienone is 8. The van der Waals surface area contributed by atoms with Gasteiger partial charge in [0.2, 0.25) is 0 Å². The van der Waals surface area contributed by atoms with Gasteiger partial charge < -0.3 is 10.2 Å². The third kappa shape index (κ3) is 3.60. The molecule has 0 bridgehead atoms. The van der Waals surface area contributed by atoms with Crippen LogP contribution in [0.25, 0.3) is 21.8 Å². The predicted octanol–water partition coefficient (Wildman–Crippen LogP) is 5.78. The first-order valence-corrected chi connectivity index (χ1v) is 11.4. The zero-order chi connectivity index (χ0) is 22.0. The molecule has 1 fully saturated rings. The second kappa shape index (κ2) is 8.40. The van der Waals surface area contributed by atoms with E-state index in [1.807, 2.05) is 36.7 Å². The maximum Gasteiger partial charge on any atom is 0.0949 e. The first-order valence-electron chi connectivity index (χ1n) is 11.4. The summed E-state index contributed by atoms with van der Waals surface area (Å²) < 4.78 is 0. The lowest BCUT2D eigenvalue weighted by Crippen LogP contribution is -2.40. The number of pyridine rings is 1. The molecule has 3 aromatic rings. The molecule has 2 aromatic carbocycles. The molecule has 1 aromatic heterocycles. The molecule has 4 nitrogen and oxygen atoms in total. The number of hydrogen-bond donors (Lipinski definition) is 1. The van der Waals surface area contributed by atoms with Gasteiger partial charge in [-0.1, -0.05) is 54.6 Å². The Morgan fingerprint density at radius 2 is 1.76 bits per heavy atom. The minimum Gasteiger partial charge on any atom is -0.369 e. The number of benzene rings is 2. The number of aromatic nitrogens is 1. The fourth-order valence-corrected chi connectivity index (χ4v) is 4.49. The molecule has 1 saturated heterocycles. The Balaban J connectivity index is 1.61. The Kier molecular flexibility index (Phi) is 4.96. The van der Waals surface area contributed by atoms with Gasteiger partial charge in [-0.25, -0.2) is 4.98 Å². The number of nitrogens with zero attached hydrogens (tertiary/aromatic N) is 3. The van der Waals surface area contributed by atoms with Crippen LogP contribution >= 0.6 is 0 Å². The summed E-state index contributed by atoms with van der Waals surface area (Å²) >= 11 is 0. The maximum atomic E-state index is 5.00. The van der Waals surface area contributed by atoms with Crippen molar-refractivity contribution < 1.29 is 0 Å². The molecule has 0 aliphatic carbocycles. The highest BCUT2D eigenvalue weighted by atomic mass is 15.2. The Morgan fingerprint density at radius 3 is 2.67 bits per heavy atom. The van der Waals surface area contributed by atoms with Crippen molar-refractivity contribution in [3.05, 3.63) is 126 Å². The van der Waals surface area contributed by atoms with E-state index in [1.54, 1.807) is 0 Å². The van der Waals surface area contributed by atoms with Crippen molar-refractivity contribution in [1.82, 2.24) is 15.2 Å². The maximum absolute atomic E-state index is 5.00. The van der Waals surface area contributed by atoms with Crippen LogP contribution in [0.4, 0.5) is 0 Å². The minimum atomic E-state index is 0.980. The molecule has 33 heavy (non-hydrogen) atoms. The second-order valence-electron chi connectivity index (χ2n) is 8.30. The third-order valence-corrected chi connectivity index (χ3v) is 6.24. The van der Waals surface area contributed by atoms with Crippen LogP contribution in [-0.2, 0) is 0 Å². The van der Waals surface area contributed by atoms with Crippen LogP contribution < -0.4 is 5.32 Å². The number of nitrogens with one attached hydrogen (secondary N) is 1. The van der Waals surface area contributed by atoms with Gasteiger partial charge in [-0.15, -0.1) is 0 Å². The van der Waals surface area contributed by atoms with E-state index in [1.165, 1.54) is 6.42 Å². The van der Waals surface area contributed by atoms with Crippen molar-refractivity contribution in [1.29, 1.82) is 0 Å². The van der Waals surface area contributed by atoms with Gasteiger partial charge in [0.25, 0.3) is 0 Å². The summed E-state index contributed by atoms with van der Waals surface area (Å²) in [5.41, 5.74) is 7.43. The number of rotatable bonds is 3. The normalized spacial score (nSPS) is 17.9. The number of fused-ring (bicyclic) bond motifs is 2. The lowest BCUT2D eigenvalue weighted by Gasteiger charge is -2.38. The third-order valence-electron chi connectivity index (χ3n) is 6.24. The zero-order valence-corrected chi connectivity index (χ0v) is 18.3. The molecule has 3 aliphatic heterocycles. The van der Waals surface area contributed by atoms with Gasteiger partial charge in [-0.05, 0) is 42.8 Å². The van der Waals surface area contributed by atoms with Crippen molar-refractivity contribution in [2.75, 3.05) is 13.1 Å². The molecule has 0 saturated carbocycles. The van der Waals surface area contributed by atoms with E-state index in [0.717, 1.165) is 63.1 Å². The SMILES string of the molecule is C1=CC=C(C2=C(N3CCC3)C(c3cccc4nc5ccccc5cc34)=NC=CC=C2)NC=C1. The number of hydrogen-bond acceptors (Lipinski definition) is 4. The molecule has 6 rings (SSSR count). The van der Waals surface area contributed by atoms with Crippen LogP contribution in [0.2, 0.25) is 0 Å². The number of likely N-dealkylation sites (tertiary alicyclic amines) is 1. The zero-order valence-electron chi connectivity index (χ0n) is 18.3. The highest BCUT2D eigenvalue weighted by molar-refractivity contribution is 6.20. The predicted molar refractivity (Wildman–Crippen MR) is 137 cm³/mol. The monoisotopic (exact) mass is 428 g/mol. The van der Waals surface area contributed by atoms with Crippen LogP contribution in [0.1, 0.15) is 12.0 Å². The first-order chi connectivity index (χ1) is 16.4. The van der Waals surface area contributed by atoms with E-state index in [4.69, 9.17) is 9.98 Å².